The van der Waals surface area contributed by atoms with Crippen LogP contribution >= 0.6 is 11.8 Å². The fourth-order valence-corrected chi connectivity index (χ4v) is 8.85. The van der Waals surface area contributed by atoms with Gasteiger partial charge in [-0.3, -0.25) is 0 Å². The predicted octanol–water partition coefficient (Wildman–Crippen LogP) is 11.7. The molecule has 2 atom stereocenters. The molecule has 0 aromatic heterocycles. The van der Waals surface area contributed by atoms with Crippen molar-refractivity contribution in [2.24, 2.45) is 0 Å². The van der Waals surface area contributed by atoms with Crippen LogP contribution in [0, 0.1) is 0 Å². The molecule has 0 amide bonds. The van der Waals surface area contributed by atoms with E-state index >= 15 is 0 Å². The van der Waals surface area contributed by atoms with Gasteiger partial charge in [-0.2, -0.15) is 0 Å². The van der Waals surface area contributed by atoms with E-state index in [-0.39, 0.29) is 0 Å². The van der Waals surface area contributed by atoms with E-state index in [2.05, 4.69) is 158 Å². The fourth-order valence-electron chi connectivity index (χ4n) is 7.22. The monoisotopic (exact) mass is 564 g/mol. The Morgan fingerprint density at radius 1 is 0.442 bits per heavy atom. The van der Waals surface area contributed by atoms with Crippen LogP contribution < -0.4 is 0 Å². The van der Waals surface area contributed by atoms with Gasteiger partial charge in [0, 0.05) is 16.1 Å². The Balaban J connectivity index is 1.13. The van der Waals surface area contributed by atoms with Crippen molar-refractivity contribution < 1.29 is 0 Å². The van der Waals surface area contributed by atoms with Gasteiger partial charge in [0.2, 0.25) is 0 Å². The van der Waals surface area contributed by atoms with Gasteiger partial charge in [0.25, 0.3) is 0 Å². The molecule has 9 rings (SSSR count). The number of hydrogen-bond donors (Lipinski definition) is 0. The zero-order chi connectivity index (χ0) is 28.3. The van der Waals surface area contributed by atoms with Gasteiger partial charge in [0.15, 0.2) is 0 Å². The molecule has 7 aromatic carbocycles. The fraction of sp³-hybridized carbons (Fsp3) is 0.0476. The van der Waals surface area contributed by atoms with Gasteiger partial charge in [-0.1, -0.05) is 146 Å². The average Bonchev–Trinajstić information content (AvgIpc) is 3.48. The van der Waals surface area contributed by atoms with E-state index in [0.29, 0.717) is 11.2 Å². The van der Waals surface area contributed by atoms with Gasteiger partial charge in [-0.15, -0.1) is 11.8 Å². The maximum Gasteiger partial charge on any atom is 0.0454 e. The van der Waals surface area contributed by atoms with E-state index in [4.69, 9.17) is 0 Å². The molecular formula is C42H28S. The normalized spacial score (nSPS) is 17.3. The third kappa shape index (κ3) is 3.92. The van der Waals surface area contributed by atoms with E-state index in [0.717, 1.165) is 0 Å². The smallest absolute Gasteiger partial charge is 0.0454 e. The molecule has 1 heterocycles. The largest absolute Gasteiger partial charge is 0.116 e. The first kappa shape index (κ1) is 24.7. The molecule has 0 radical (unpaired) electrons. The molecule has 0 bridgehead atoms. The molecule has 1 aliphatic heterocycles. The lowest BCUT2D eigenvalue weighted by Crippen LogP contribution is -2.13. The summed E-state index contributed by atoms with van der Waals surface area (Å²) >= 11 is 2.03. The maximum absolute atomic E-state index is 2.40. The average molecular weight is 565 g/mol. The van der Waals surface area contributed by atoms with Crippen LogP contribution in [0.15, 0.2) is 163 Å². The predicted molar refractivity (Wildman–Crippen MR) is 186 cm³/mol. The summed E-state index contributed by atoms with van der Waals surface area (Å²) in [4.78, 5) is 1.42. The molecule has 1 heteroatoms. The first-order valence-electron chi connectivity index (χ1n) is 15.0. The van der Waals surface area contributed by atoms with Crippen LogP contribution in [0.1, 0.15) is 17.0 Å². The molecule has 0 fully saturated rings. The highest BCUT2D eigenvalue weighted by Gasteiger charge is 2.37. The molecule has 202 valence electrons. The van der Waals surface area contributed by atoms with Crippen LogP contribution in [0.4, 0.5) is 0 Å². The summed E-state index contributed by atoms with van der Waals surface area (Å²) in [6, 6.07) is 51.4. The summed E-state index contributed by atoms with van der Waals surface area (Å²) in [6.07, 6.45) is 6.99. The number of fused-ring (bicyclic) bond motifs is 9. The number of hydrogen-bond acceptors (Lipinski definition) is 1. The highest BCUT2D eigenvalue weighted by molar-refractivity contribution is 8.01. The van der Waals surface area contributed by atoms with E-state index in [1.807, 2.05) is 11.8 Å². The van der Waals surface area contributed by atoms with Gasteiger partial charge in [0.1, 0.15) is 0 Å². The van der Waals surface area contributed by atoms with Crippen molar-refractivity contribution in [2.75, 3.05) is 0 Å². The number of allylic oxidation sites excluding steroid dienone is 3. The van der Waals surface area contributed by atoms with Gasteiger partial charge in [-0.25, -0.2) is 0 Å². The second-order valence-electron chi connectivity index (χ2n) is 11.6. The van der Waals surface area contributed by atoms with Crippen molar-refractivity contribution in [2.45, 2.75) is 16.1 Å². The Morgan fingerprint density at radius 2 is 1.05 bits per heavy atom. The Bertz CT molecular complexity index is 2240. The molecule has 43 heavy (non-hydrogen) atoms. The number of rotatable bonds is 3. The van der Waals surface area contributed by atoms with Gasteiger partial charge >= 0.3 is 0 Å². The van der Waals surface area contributed by atoms with E-state index in [9.17, 15) is 0 Å². The molecule has 2 aliphatic rings. The van der Waals surface area contributed by atoms with Crippen molar-refractivity contribution in [1.82, 2.24) is 0 Å². The zero-order valence-electron chi connectivity index (χ0n) is 23.6. The molecule has 0 saturated heterocycles. The van der Waals surface area contributed by atoms with Crippen LogP contribution in [0.2, 0.25) is 0 Å². The molecule has 0 spiro atoms. The van der Waals surface area contributed by atoms with Crippen molar-refractivity contribution in [3.63, 3.8) is 0 Å². The minimum absolute atomic E-state index is 0.368. The Hall–Kier alpha value is -4.85. The molecule has 2 unspecified atom stereocenters. The molecule has 0 saturated carbocycles. The van der Waals surface area contributed by atoms with Crippen molar-refractivity contribution >= 4 is 49.7 Å². The van der Waals surface area contributed by atoms with Crippen LogP contribution in [0.5, 0.6) is 0 Å². The minimum atomic E-state index is 0.368. The maximum atomic E-state index is 2.40. The summed E-state index contributed by atoms with van der Waals surface area (Å²) < 4.78 is 0. The first-order chi connectivity index (χ1) is 21.3. The minimum Gasteiger partial charge on any atom is -0.116 e. The third-order valence-electron chi connectivity index (χ3n) is 9.23. The lowest BCUT2D eigenvalue weighted by Gasteiger charge is -2.23. The lowest BCUT2D eigenvalue weighted by molar-refractivity contribution is 0.893. The summed E-state index contributed by atoms with van der Waals surface area (Å²) in [5, 5.41) is 8.25. The lowest BCUT2D eigenvalue weighted by atomic mass is 9.84. The highest BCUT2D eigenvalue weighted by Crippen LogP contribution is 2.55. The topological polar surface area (TPSA) is 0 Å². The summed E-state index contributed by atoms with van der Waals surface area (Å²) in [5.74, 6) is 0.382. The highest BCUT2D eigenvalue weighted by atomic mass is 32.2. The Labute approximate surface area is 256 Å². The first-order valence-corrected chi connectivity index (χ1v) is 15.9. The standard InChI is InChI=1S/C42H28S/c1-2-11-27(12-3-1)31-19-9-21-38-39-22-10-20-32(42(39)43-41(31)38)30-14-8-13-28(25-30)29-23-24-37-35-17-5-4-15-33(35)34-16-6-7-18-36(34)40(37)26-29/h1-26,39,42H. The van der Waals surface area contributed by atoms with Crippen LogP contribution in [-0.4, -0.2) is 5.25 Å². The summed E-state index contributed by atoms with van der Waals surface area (Å²) in [5.41, 5.74) is 9.31. The van der Waals surface area contributed by atoms with Crippen molar-refractivity contribution in [1.29, 1.82) is 0 Å². The van der Waals surface area contributed by atoms with Gasteiger partial charge in [-0.05, 0) is 83.4 Å². The SMILES string of the molecule is C1=CC2c3cccc(-c4ccccc4)c3SC2C(c2cccc(-c3ccc4c5ccccc5c5ccccc5c4c3)c2)=C1. The van der Waals surface area contributed by atoms with E-state index < -0.39 is 0 Å². The van der Waals surface area contributed by atoms with Gasteiger partial charge < -0.3 is 0 Å². The summed E-state index contributed by atoms with van der Waals surface area (Å²) in [7, 11) is 0. The molecule has 0 nitrogen and oxygen atoms in total. The second kappa shape index (κ2) is 9.87. The quantitative estimate of drug-likeness (QED) is 0.192. The molecular weight excluding hydrogens is 537 g/mol. The van der Waals surface area contributed by atoms with Gasteiger partial charge in [0.05, 0.1) is 0 Å². The second-order valence-corrected chi connectivity index (χ2v) is 12.7. The molecule has 1 aliphatic carbocycles. The van der Waals surface area contributed by atoms with Crippen LogP contribution in [0.3, 0.4) is 0 Å². The summed E-state index contributed by atoms with van der Waals surface area (Å²) in [6.45, 7) is 0. The third-order valence-corrected chi connectivity index (χ3v) is 10.7. The molecule has 7 aromatic rings. The van der Waals surface area contributed by atoms with Crippen molar-refractivity contribution in [3.05, 3.63) is 169 Å². The Morgan fingerprint density at radius 3 is 1.81 bits per heavy atom. The van der Waals surface area contributed by atoms with Crippen LogP contribution in [0.25, 0.3) is 60.1 Å². The number of benzene rings is 7. The zero-order valence-corrected chi connectivity index (χ0v) is 24.4. The number of thioether (sulfide) groups is 1. The molecule has 0 N–H and O–H groups in total. The van der Waals surface area contributed by atoms with Crippen LogP contribution in [-0.2, 0) is 0 Å². The Kier molecular flexibility index (Phi) is 5.67. The van der Waals surface area contributed by atoms with Crippen molar-refractivity contribution in [3.8, 4) is 22.3 Å². The van der Waals surface area contributed by atoms with E-state index in [1.54, 1.807) is 0 Å². The van der Waals surface area contributed by atoms with E-state index in [1.165, 1.54) is 76.2 Å².